The van der Waals surface area contributed by atoms with Crippen LogP contribution in [-0.4, -0.2) is 54.4 Å². The average molecular weight is 492 g/mol. The van der Waals surface area contributed by atoms with Crippen molar-refractivity contribution >= 4 is 29.7 Å². The summed E-state index contributed by atoms with van der Waals surface area (Å²) < 4.78 is 5.14. The number of nitrogens with one attached hydrogen (secondary N) is 3. The summed E-state index contributed by atoms with van der Waals surface area (Å²) in [5.41, 5.74) is 0.774. The van der Waals surface area contributed by atoms with Gasteiger partial charge in [0.1, 0.15) is 6.61 Å². The molecule has 0 aliphatic heterocycles. The molecule has 10 heteroatoms. The third kappa shape index (κ3) is 13.1. The third-order valence-corrected chi connectivity index (χ3v) is 5.55. The van der Waals surface area contributed by atoms with Gasteiger partial charge in [0.2, 0.25) is 11.8 Å². The molecule has 0 fully saturated rings. The Morgan fingerprint density at radius 2 is 1.69 bits per heavy atom. The lowest BCUT2D eigenvalue weighted by Crippen LogP contribution is -2.42. The maximum Gasteiger partial charge on any atom is 0.408 e. The number of carboxylic acids is 1. The van der Waals surface area contributed by atoms with Crippen LogP contribution in [0.25, 0.3) is 0 Å². The lowest BCUT2D eigenvalue weighted by atomic mass is 9.98. The second kappa shape index (κ2) is 17.1. The quantitative estimate of drug-likeness (QED) is 0.245. The highest BCUT2D eigenvalue weighted by Gasteiger charge is 2.23. The van der Waals surface area contributed by atoms with E-state index >= 15 is 0 Å². The average Bonchev–Trinajstić information content (AvgIpc) is 2.86. The van der Waals surface area contributed by atoms with E-state index < -0.39 is 23.9 Å². The van der Waals surface area contributed by atoms with Crippen LogP contribution in [0.5, 0.6) is 0 Å². The Morgan fingerprint density at radius 3 is 2.31 bits per heavy atom. The summed E-state index contributed by atoms with van der Waals surface area (Å²) in [5, 5.41) is 16.7. The van der Waals surface area contributed by atoms with E-state index in [1.54, 1.807) is 31.3 Å². The zero-order valence-corrected chi connectivity index (χ0v) is 20.5. The number of hydrogen-bond acceptors (Lipinski definition) is 6. The van der Waals surface area contributed by atoms with Crippen LogP contribution in [0.1, 0.15) is 63.9 Å². The maximum absolute atomic E-state index is 12.4. The fourth-order valence-corrected chi connectivity index (χ4v) is 3.46. The van der Waals surface area contributed by atoms with Crippen molar-refractivity contribution < 1.29 is 33.8 Å². The van der Waals surface area contributed by atoms with E-state index in [2.05, 4.69) is 16.0 Å². The molecule has 1 aromatic carbocycles. The summed E-state index contributed by atoms with van der Waals surface area (Å²) in [6.07, 6.45) is 1.57. The standard InChI is InChI=1S/C25H37N3O7/c1-3-19(24(33)26-2)11-7-8-16-27-22(30)14-12-20(21(29)13-15-23(31)32)28-25(34)35-17-18-9-5-4-6-10-18/h4-6,9-10,19-20H,3,7-8,11-17H2,1-2H3,(H,26,33)(H,27,30)(H,28,34)(H,31,32)/t19?,20-/m0/s1. The molecular formula is C25H37N3O7. The smallest absolute Gasteiger partial charge is 0.408 e. The van der Waals surface area contributed by atoms with E-state index in [0.717, 1.165) is 24.8 Å². The summed E-state index contributed by atoms with van der Waals surface area (Å²) in [6, 6.07) is 7.98. The number of alkyl carbamates (subject to hydrolysis) is 1. The highest BCUT2D eigenvalue weighted by molar-refractivity contribution is 5.90. The molecule has 0 saturated carbocycles. The summed E-state index contributed by atoms with van der Waals surface area (Å²) in [6.45, 7) is 2.41. The van der Waals surface area contributed by atoms with Crippen molar-refractivity contribution in [3.63, 3.8) is 0 Å². The first kappa shape index (κ1) is 29.6. The monoisotopic (exact) mass is 491 g/mol. The number of carboxylic acid groups (broad SMARTS) is 1. The van der Waals surface area contributed by atoms with Crippen LogP contribution in [0, 0.1) is 5.92 Å². The van der Waals surface area contributed by atoms with Crippen molar-refractivity contribution in [3.8, 4) is 0 Å². The minimum absolute atomic E-state index is 0.0156. The molecule has 1 aromatic rings. The molecule has 3 amide bonds. The van der Waals surface area contributed by atoms with Crippen molar-refractivity contribution in [2.24, 2.45) is 5.92 Å². The van der Waals surface area contributed by atoms with Gasteiger partial charge < -0.3 is 25.8 Å². The molecule has 0 saturated heterocycles. The van der Waals surface area contributed by atoms with Crippen LogP contribution < -0.4 is 16.0 Å². The second-order valence-electron chi connectivity index (χ2n) is 8.22. The first-order valence-corrected chi connectivity index (χ1v) is 12.0. The third-order valence-electron chi connectivity index (χ3n) is 5.55. The number of amides is 3. The minimum Gasteiger partial charge on any atom is -0.481 e. The number of unbranched alkanes of at least 4 members (excludes halogenated alkanes) is 1. The van der Waals surface area contributed by atoms with Crippen molar-refractivity contribution in [1.29, 1.82) is 0 Å². The topological polar surface area (TPSA) is 151 Å². The molecule has 0 spiro atoms. The molecule has 4 N–H and O–H groups in total. The molecule has 1 unspecified atom stereocenters. The second-order valence-corrected chi connectivity index (χ2v) is 8.22. The summed E-state index contributed by atoms with van der Waals surface area (Å²) in [5.74, 6) is -1.90. The lowest BCUT2D eigenvalue weighted by molar-refractivity contribution is -0.138. The Hall–Kier alpha value is -3.43. The van der Waals surface area contributed by atoms with Crippen LogP contribution in [0.2, 0.25) is 0 Å². The number of rotatable bonds is 17. The predicted octanol–water partition coefficient (Wildman–Crippen LogP) is 2.55. The highest BCUT2D eigenvalue weighted by Crippen LogP contribution is 2.12. The van der Waals surface area contributed by atoms with Crippen LogP contribution in [0.4, 0.5) is 4.79 Å². The van der Waals surface area contributed by atoms with E-state index in [0.29, 0.717) is 13.0 Å². The normalized spacial score (nSPS) is 12.2. The summed E-state index contributed by atoms with van der Waals surface area (Å²) in [4.78, 5) is 59.4. The van der Waals surface area contributed by atoms with Crippen molar-refractivity contribution in [2.45, 2.75) is 70.9 Å². The van der Waals surface area contributed by atoms with E-state index in [1.165, 1.54) is 0 Å². The largest absolute Gasteiger partial charge is 0.481 e. The molecule has 35 heavy (non-hydrogen) atoms. The Labute approximate surface area is 206 Å². The molecular weight excluding hydrogens is 454 g/mol. The Balaban J connectivity index is 2.46. The van der Waals surface area contributed by atoms with Gasteiger partial charge >= 0.3 is 12.1 Å². The molecule has 10 nitrogen and oxygen atoms in total. The van der Waals surface area contributed by atoms with Gasteiger partial charge in [-0.25, -0.2) is 4.79 Å². The molecule has 0 aliphatic carbocycles. The van der Waals surface area contributed by atoms with Gasteiger partial charge in [-0.05, 0) is 31.2 Å². The van der Waals surface area contributed by atoms with Crippen LogP contribution in [0.3, 0.4) is 0 Å². The van der Waals surface area contributed by atoms with Crippen LogP contribution >= 0.6 is 0 Å². The van der Waals surface area contributed by atoms with Gasteiger partial charge in [0.05, 0.1) is 12.5 Å². The zero-order chi connectivity index (χ0) is 26.1. The van der Waals surface area contributed by atoms with E-state index in [9.17, 15) is 24.0 Å². The van der Waals surface area contributed by atoms with Crippen molar-refractivity contribution in [2.75, 3.05) is 13.6 Å². The molecule has 0 aliphatic rings. The van der Waals surface area contributed by atoms with Gasteiger partial charge in [-0.2, -0.15) is 0 Å². The number of benzene rings is 1. The highest BCUT2D eigenvalue weighted by atomic mass is 16.5. The Bertz CT molecular complexity index is 830. The van der Waals surface area contributed by atoms with Crippen molar-refractivity contribution in [1.82, 2.24) is 16.0 Å². The number of hydrogen-bond donors (Lipinski definition) is 4. The first-order valence-electron chi connectivity index (χ1n) is 12.0. The van der Waals surface area contributed by atoms with Gasteiger partial charge in [0.15, 0.2) is 5.78 Å². The Kier molecular flexibility index (Phi) is 14.4. The number of Topliss-reactive ketones (excluding diaryl/α,β-unsaturated/α-hetero) is 1. The van der Waals surface area contributed by atoms with Gasteiger partial charge in [-0.3, -0.25) is 19.2 Å². The lowest BCUT2D eigenvalue weighted by Gasteiger charge is -2.17. The van der Waals surface area contributed by atoms with Gasteiger partial charge in [-0.1, -0.05) is 43.7 Å². The summed E-state index contributed by atoms with van der Waals surface area (Å²) >= 11 is 0. The first-order chi connectivity index (χ1) is 16.8. The predicted molar refractivity (Wildman–Crippen MR) is 129 cm³/mol. The van der Waals surface area contributed by atoms with E-state index in [4.69, 9.17) is 9.84 Å². The molecule has 194 valence electrons. The van der Waals surface area contributed by atoms with E-state index in [1.807, 2.05) is 13.0 Å². The number of ketones is 1. The number of carbonyl (C=O) groups is 5. The number of carbonyl (C=O) groups excluding carboxylic acids is 4. The molecule has 0 radical (unpaired) electrons. The molecule has 0 aromatic heterocycles. The molecule has 1 rings (SSSR count). The fraction of sp³-hybridized carbons (Fsp3) is 0.560. The maximum atomic E-state index is 12.4. The van der Waals surface area contributed by atoms with E-state index in [-0.39, 0.29) is 50.0 Å². The SMILES string of the molecule is CCC(CCCCNC(=O)CC[C@H](NC(=O)OCc1ccccc1)C(=O)CCC(=O)O)C(=O)NC. The number of ether oxygens (including phenoxy) is 1. The minimum atomic E-state index is -1.12. The molecule has 0 bridgehead atoms. The van der Waals surface area contributed by atoms with Gasteiger partial charge in [0.25, 0.3) is 0 Å². The van der Waals surface area contributed by atoms with Crippen molar-refractivity contribution in [3.05, 3.63) is 35.9 Å². The van der Waals surface area contributed by atoms with Gasteiger partial charge in [-0.15, -0.1) is 0 Å². The van der Waals surface area contributed by atoms with Crippen LogP contribution in [0.15, 0.2) is 30.3 Å². The van der Waals surface area contributed by atoms with Gasteiger partial charge in [0, 0.05) is 32.4 Å². The molecule has 0 heterocycles. The summed E-state index contributed by atoms with van der Waals surface area (Å²) in [7, 11) is 1.61. The molecule has 2 atom stereocenters. The zero-order valence-electron chi connectivity index (χ0n) is 20.5. The fourth-order valence-electron chi connectivity index (χ4n) is 3.46. The van der Waals surface area contributed by atoms with Crippen LogP contribution in [-0.2, 0) is 30.5 Å². The number of aliphatic carboxylic acids is 1. The Morgan fingerprint density at radius 1 is 0.971 bits per heavy atom.